The molecule has 3 heteroatoms. The van der Waals surface area contributed by atoms with Crippen LogP contribution >= 0.6 is 0 Å². The summed E-state index contributed by atoms with van der Waals surface area (Å²) in [6.45, 7) is 3.29. The minimum absolute atomic E-state index is 0.206. The van der Waals surface area contributed by atoms with Gasteiger partial charge in [-0.05, 0) is 6.42 Å². The first-order chi connectivity index (χ1) is 6.81. The Bertz CT molecular complexity index is 184. The van der Waals surface area contributed by atoms with E-state index < -0.39 is 0 Å². The SMILES string of the molecule is C#CCNCC(=O)OCCCCCC. The van der Waals surface area contributed by atoms with E-state index in [-0.39, 0.29) is 12.5 Å². The Labute approximate surface area is 86.2 Å². The Balaban J connectivity index is 3.15. The van der Waals surface area contributed by atoms with E-state index in [4.69, 9.17) is 11.2 Å². The van der Waals surface area contributed by atoms with Gasteiger partial charge in [0.05, 0.1) is 19.7 Å². The quantitative estimate of drug-likeness (QED) is 0.362. The molecular weight excluding hydrogens is 178 g/mol. The molecule has 0 spiro atoms. The molecule has 0 fully saturated rings. The number of carbonyl (C=O) groups is 1. The number of hydrogen-bond donors (Lipinski definition) is 1. The zero-order chi connectivity index (χ0) is 10.6. The summed E-state index contributed by atoms with van der Waals surface area (Å²) in [5.41, 5.74) is 0. The van der Waals surface area contributed by atoms with Gasteiger partial charge in [-0.15, -0.1) is 6.42 Å². The number of esters is 1. The van der Waals surface area contributed by atoms with Crippen LogP contribution in [0, 0.1) is 12.3 Å². The van der Waals surface area contributed by atoms with Crippen molar-refractivity contribution in [1.29, 1.82) is 0 Å². The van der Waals surface area contributed by atoms with Gasteiger partial charge in [0.25, 0.3) is 0 Å². The highest BCUT2D eigenvalue weighted by molar-refractivity contribution is 5.71. The maximum absolute atomic E-state index is 11.0. The van der Waals surface area contributed by atoms with E-state index in [0.717, 1.165) is 12.8 Å². The van der Waals surface area contributed by atoms with Crippen molar-refractivity contribution in [3.8, 4) is 12.3 Å². The Morgan fingerprint density at radius 3 is 2.86 bits per heavy atom. The van der Waals surface area contributed by atoms with Crippen LogP contribution in [-0.4, -0.2) is 25.7 Å². The fourth-order valence-corrected chi connectivity index (χ4v) is 1.00. The van der Waals surface area contributed by atoms with Crippen molar-refractivity contribution >= 4 is 5.97 Å². The lowest BCUT2D eigenvalue weighted by atomic mass is 10.2. The van der Waals surface area contributed by atoms with Gasteiger partial charge in [-0.25, -0.2) is 0 Å². The zero-order valence-corrected chi connectivity index (χ0v) is 8.84. The fourth-order valence-electron chi connectivity index (χ4n) is 1.00. The second-order valence-electron chi connectivity index (χ2n) is 3.09. The minimum atomic E-state index is -0.225. The second-order valence-corrected chi connectivity index (χ2v) is 3.09. The molecule has 1 N–H and O–H groups in total. The van der Waals surface area contributed by atoms with Gasteiger partial charge in [0.2, 0.25) is 0 Å². The van der Waals surface area contributed by atoms with Gasteiger partial charge in [-0.1, -0.05) is 32.1 Å². The topological polar surface area (TPSA) is 38.3 Å². The van der Waals surface area contributed by atoms with Crippen molar-refractivity contribution in [3.63, 3.8) is 0 Å². The first-order valence-electron chi connectivity index (χ1n) is 5.11. The monoisotopic (exact) mass is 197 g/mol. The summed E-state index contributed by atoms with van der Waals surface area (Å²) < 4.78 is 4.97. The summed E-state index contributed by atoms with van der Waals surface area (Å²) in [4.78, 5) is 11.0. The molecule has 0 saturated carbocycles. The van der Waals surface area contributed by atoms with Crippen LogP contribution in [0.15, 0.2) is 0 Å². The summed E-state index contributed by atoms with van der Waals surface area (Å²) in [7, 11) is 0. The van der Waals surface area contributed by atoms with Crippen LogP contribution in [0.2, 0.25) is 0 Å². The molecule has 0 saturated heterocycles. The third-order valence-electron chi connectivity index (χ3n) is 1.76. The molecule has 14 heavy (non-hydrogen) atoms. The number of ether oxygens (including phenoxy) is 1. The smallest absolute Gasteiger partial charge is 0.319 e. The van der Waals surface area contributed by atoms with E-state index in [9.17, 15) is 4.79 Å². The molecule has 0 aliphatic carbocycles. The highest BCUT2D eigenvalue weighted by Gasteiger charge is 1.99. The lowest BCUT2D eigenvalue weighted by Crippen LogP contribution is -2.25. The molecule has 0 aromatic heterocycles. The van der Waals surface area contributed by atoms with E-state index in [1.165, 1.54) is 12.8 Å². The van der Waals surface area contributed by atoms with Crippen LogP contribution in [0.3, 0.4) is 0 Å². The third kappa shape index (κ3) is 9.08. The molecule has 0 rings (SSSR count). The Morgan fingerprint density at radius 2 is 2.21 bits per heavy atom. The lowest BCUT2D eigenvalue weighted by Gasteiger charge is -2.04. The standard InChI is InChI=1S/C11H19NO2/c1-3-5-6-7-9-14-11(13)10-12-8-4-2/h2,12H,3,5-10H2,1H3. The fraction of sp³-hybridized carbons (Fsp3) is 0.727. The van der Waals surface area contributed by atoms with Crippen molar-refractivity contribution in [2.75, 3.05) is 19.7 Å². The molecule has 0 aliphatic rings. The van der Waals surface area contributed by atoms with E-state index >= 15 is 0 Å². The number of rotatable bonds is 8. The minimum Gasteiger partial charge on any atom is -0.465 e. The third-order valence-corrected chi connectivity index (χ3v) is 1.76. The number of hydrogen-bond acceptors (Lipinski definition) is 3. The zero-order valence-electron chi connectivity index (χ0n) is 8.84. The van der Waals surface area contributed by atoms with Crippen molar-refractivity contribution < 1.29 is 9.53 Å². The van der Waals surface area contributed by atoms with Crippen LogP contribution in [0.25, 0.3) is 0 Å². The van der Waals surface area contributed by atoms with Crippen molar-refractivity contribution in [1.82, 2.24) is 5.32 Å². The molecule has 0 aromatic carbocycles. The summed E-state index contributed by atoms with van der Waals surface area (Å²) in [6, 6.07) is 0. The number of nitrogens with one attached hydrogen (secondary N) is 1. The predicted molar refractivity (Wildman–Crippen MR) is 56.8 cm³/mol. The van der Waals surface area contributed by atoms with Gasteiger partial charge in [0.15, 0.2) is 0 Å². The van der Waals surface area contributed by atoms with Gasteiger partial charge in [-0.3, -0.25) is 10.1 Å². The highest BCUT2D eigenvalue weighted by atomic mass is 16.5. The molecule has 0 heterocycles. The molecule has 0 aliphatic heterocycles. The van der Waals surface area contributed by atoms with Crippen LogP contribution in [-0.2, 0) is 9.53 Å². The Kier molecular flexibility index (Phi) is 9.35. The number of terminal acetylenes is 1. The van der Waals surface area contributed by atoms with Gasteiger partial charge in [0.1, 0.15) is 0 Å². The van der Waals surface area contributed by atoms with Crippen LogP contribution in [0.4, 0.5) is 0 Å². The Morgan fingerprint density at radius 1 is 1.43 bits per heavy atom. The average Bonchev–Trinajstić information content (AvgIpc) is 2.18. The average molecular weight is 197 g/mol. The molecule has 3 nitrogen and oxygen atoms in total. The summed E-state index contributed by atoms with van der Waals surface area (Å²) >= 11 is 0. The molecule has 0 amide bonds. The molecule has 0 atom stereocenters. The van der Waals surface area contributed by atoms with Crippen molar-refractivity contribution in [3.05, 3.63) is 0 Å². The van der Waals surface area contributed by atoms with E-state index in [0.29, 0.717) is 13.2 Å². The van der Waals surface area contributed by atoms with Crippen LogP contribution in [0.1, 0.15) is 32.6 Å². The van der Waals surface area contributed by atoms with Gasteiger partial charge >= 0.3 is 5.97 Å². The summed E-state index contributed by atoms with van der Waals surface area (Å²) in [5.74, 6) is 2.16. The molecule has 0 radical (unpaired) electrons. The predicted octanol–water partition coefficient (Wildman–Crippen LogP) is 1.33. The maximum Gasteiger partial charge on any atom is 0.319 e. The lowest BCUT2D eigenvalue weighted by molar-refractivity contribution is -0.142. The van der Waals surface area contributed by atoms with Crippen molar-refractivity contribution in [2.45, 2.75) is 32.6 Å². The molecule has 0 aromatic rings. The first-order valence-corrected chi connectivity index (χ1v) is 5.11. The van der Waals surface area contributed by atoms with E-state index in [1.54, 1.807) is 0 Å². The number of unbranched alkanes of at least 4 members (excludes halogenated alkanes) is 3. The Hall–Kier alpha value is -1.01. The van der Waals surface area contributed by atoms with Gasteiger partial charge in [-0.2, -0.15) is 0 Å². The highest BCUT2D eigenvalue weighted by Crippen LogP contribution is 1.98. The van der Waals surface area contributed by atoms with Crippen molar-refractivity contribution in [2.24, 2.45) is 0 Å². The van der Waals surface area contributed by atoms with Crippen LogP contribution < -0.4 is 5.32 Å². The molecule has 0 unspecified atom stereocenters. The van der Waals surface area contributed by atoms with Gasteiger partial charge in [0, 0.05) is 0 Å². The largest absolute Gasteiger partial charge is 0.465 e. The first kappa shape index (κ1) is 13.0. The number of carbonyl (C=O) groups excluding carboxylic acids is 1. The molecule has 80 valence electrons. The molecular formula is C11H19NO2. The maximum atomic E-state index is 11.0. The normalized spacial score (nSPS) is 9.43. The van der Waals surface area contributed by atoms with E-state index in [2.05, 4.69) is 18.2 Å². The summed E-state index contributed by atoms with van der Waals surface area (Å²) in [5, 5.41) is 2.78. The summed E-state index contributed by atoms with van der Waals surface area (Å²) in [6.07, 6.45) is 9.48. The van der Waals surface area contributed by atoms with E-state index in [1.807, 2.05) is 0 Å². The van der Waals surface area contributed by atoms with Crippen LogP contribution in [0.5, 0.6) is 0 Å². The van der Waals surface area contributed by atoms with Gasteiger partial charge < -0.3 is 4.74 Å². The second kappa shape index (κ2) is 10.1. The molecule has 0 bridgehead atoms.